The van der Waals surface area contributed by atoms with Crippen LogP contribution in [0.15, 0.2) is 10.6 Å². The molecule has 2 rings (SSSR count). The number of carbonyl (C=O) groups excluding carboxylic acids is 2. The molecule has 0 aliphatic carbocycles. The van der Waals surface area contributed by atoms with E-state index in [4.69, 9.17) is 4.52 Å². The van der Waals surface area contributed by atoms with Crippen LogP contribution >= 0.6 is 0 Å². The number of aromatic nitrogens is 1. The number of amides is 2. The number of hydrogen-bond donors (Lipinski definition) is 1. The summed E-state index contributed by atoms with van der Waals surface area (Å²) in [5.74, 6) is 0.435. The summed E-state index contributed by atoms with van der Waals surface area (Å²) in [6.45, 7) is 7.63. The fourth-order valence-electron chi connectivity index (χ4n) is 2.39. The van der Waals surface area contributed by atoms with Gasteiger partial charge in [-0.15, -0.1) is 0 Å². The monoisotopic (exact) mass is 265 g/mol. The summed E-state index contributed by atoms with van der Waals surface area (Å²) in [6, 6.07) is 0.822. The van der Waals surface area contributed by atoms with Gasteiger partial charge in [0.2, 0.25) is 11.8 Å². The molecule has 0 bridgehead atoms. The van der Waals surface area contributed by atoms with Crippen molar-refractivity contribution in [1.29, 1.82) is 0 Å². The lowest BCUT2D eigenvalue weighted by atomic mass is 9.97. The lowest BCUT2D eigenvalue weighted by Crippen LogP contribution is -2.63. The summed E-state index contributed by atoms with van der Waals surface area (Å²) in [7, 11) is 0. The van der Waals surface area contributed by atoms with E-state index >= 15 is 0 Å². The van der Waals surface area contributed by atoms with Crippen molar-refractivity contribution in [2.24, 2.45) is 5.92 Å². The van der Waals surface area contributed by atoms with Crippen molar-refractivity contribution in [3.05, 3.63) is 17.5 Å². The van der Waals surface area contributed by atoms with Gasteiger partial charge in [0.1, 0.15) is 12.1 Å². The third-order valence-corrected chi connectivity index (χ3v) is 3.25. The summed E-state index contributed by atoms with van der Waals surface area (Å²) in [5.41, 5.74) is 0.762. The van der Waals surface area contributed by atoms with E-state index in [9.17, 15) is 9.59 Å². The van der Waals surface area contributed by atoms with Crippen LogP contribution in [0.25, 0.3) is 0 Å². The van der Waals surface area contributed by atoms with E-state index in [0.717, 1.165) is 5.69 Å². The maximum Gasteiger partial charge on any atom is 0.245 e. The summed E-state index contributed by atoms with van der Waals surface area (Å²) in [4.78, 5) is 25.9. The molecular formula is C13H19N3O3. The van der Waals surface area contributed by atoms with E-state index in [-0.39, 0.29) is 24.3 Å². The first-order valence-electron chi connectivity index (χ1n) is 6.43. The van der Waals surface area contributed by atoms with E-state index in [1.807, 2.05) is 20.8 Å². The highest BCUT2D eigenvalue weighted by Crippen LogP contribution is 2.20. The van der Waals surface area contributed by atoms with Gasteiger partial charge in [-0.1, -0.05) is 19.0 Å². The van der Waals surface area contributed by atoms with Crippen LogP contribution in [0.3, 0.4) is 0 Å². The van der Waals surface area contributed by atoms with Crippen LogP contribution in [-0.4, -0.2) is 34.0 Å². The minimum absolute atomic E-state index is 0.0421. The van der Waals surface area contributed by atoms with E-state index in [1.54, 1.807) is 17.9 Å². The zero-order chi connectivity index (χ0) is 14.2. The molecule has 6 heteroatoms. The highest BCUT2D eigenvalue weighted by molar-refractivity contribution is 5.96. The zero-order valence-corrected chi connectivity index (χ0v) is 11.6. The molecule has 1 aliphatic rings. The van der Waals surface area contributed by atoms with Crippen molar-refractivity contribution in [3.8, 4) is 0 Å². The van der Waals surface area contributed by atoms with Crippen molar-refractivity contribution in [2.75, 3.05) is 0 Å². The van der Waals surface area contributed by atoms with Crippen LogP contribution in [0.4, 0.5) is 0 Å². The first-order chi connectivity index (χ1) is 8.90. The maximum atomic E-state index is 12.2. The van der Waals surface area contributed by atoms with Gasteiger partial charge in [0.25, 0.3) is 0 Å². The van der Waals surface area contributed by atoms with Gasteiger partial charge >= 0.3 is 0 Å². The number of hydrogen-bond acceptors (Lipinski definition) is 4. The largest absolute Gasteiger partial charge is 0.359 e. The Labute approximate surface area is 112 Å². The number of aryl methyl sites for hydroxylation is 1. The Kier molecular flexibility index (Phi) is 3.59. The van der Waals surface area contributed by atoms with Crippen LogP contribution in [0.5, 0.6) is 0 Å². The second-order valence-electron chi connectivity index (χ2n) is 5.32. The molecule has 19 heavy (non-hydrogen) atoms. The number of nitrogens with zero attached hydrogens (tertiary/aromatic N) is 2. The van der Waals surface area contributed by atoms with E-state index in [1.165, 1.54) is 0 Å². The number of carbonyl (C=O) groups is 2. The number of rotatable bonds is 3. The Balaban J connectivity index is 2.25. The average molecular weight is 265 g/mol. The van der Waals surface area contributed by atoms with Crippen molar-refractivity contribution in [3.63, 3.8) is 0 Å². The third-order valence-electron chi connectivity index (χ3n) is 3.25. The topological polar surface area (TPSA) is 75.4 Å². The fourth-order valence-corrected chi connectivity index (χ4v) is 2.39. The van der Waals surface area contributed by atoms with Gasteiger partial charge in [0, 0.05) is 6.07 Å². The molecule has 1 N–H and O–H groups in total. The smallest absolute Gasteiger partial charge is 0.245 e. The average Bonchev–Trinajstić information content (AvgIpc) is 2.71. The molecule has 2 heterocycles. The molecule has 0 radical (unpaired) electrons. The van der Waals surface area contributed by atoms with Gasteiger partial charge < -0.3 is 14.7 Å². The molecule has 1 fully saturated rings. The zero-order valence-electron chi connectivity index (χ0n) is 11.6. The second-order valence-corrected chi connectivity index (χ2v) is 5.32. The maximum absolute atomic E-state index is 12.2. The number of nitrogens with one attached hydrogen (secondary N) is 1. The van der Waals surface area contributed by atoms with E-state index < -0.39 is 12.1 Å². The predicted molar refractivity (Wildman–Crippen MR) is 68.0 cm³/mol. The molecule has 0 spiro atoms. The van der Waals surface area contributed by atoms with Crippen molar-refractivity contribution >= 4 is 11.8 Å². The molecule has 2 amide bonds. The summed E-state index contributed by atoms with van der Waals surface area (Å²) < 4.78 is 5.14. The molecule has 104 valence electrons. The molecule has 2 atom stereocenters. The molecular weight excluding hydrogens is 246 g/mol. The van der Waals surface area contributed by atoms with Gasteiger partial charge in [0.15, 0.2) is 5.76 Å². The molecule has 1 aromatic rings. The van der Waals surface area contributed by atoms with E-state index in [2.05, 4.69) is 10.5 Å². The Morgan fingerprint density at radius 2 is 2.16 bits per heavy atom. The first kappa shape index (κ1) is 13.6. The van der Waals surface area contributed by atoms with Gasteiger partial charge in [0.05, 0.1) is 12.2 Å². The van der Waals surface area contributed by atoms with Crippen LogP contribution in [0.2, 0.25) is 0 Å². The van der Waals surface area contributed by atoms with Crippen LogP contribution in [0.1, 0.15) is 32.2 Å². The van der Waals surface area contributed by atoms with Gasteiger partial charge in [-0.3, -0.25) is 9.59 Å². The molecule has 1 saturated heterocycles. The molecule has 0 aromatic carbocycles. The van der Waals surface area contributed by atoms with Gasteiger partial charge in [-0.25, -0.2) is 0 Å². The van der Waals surface area contributed by atoms with Crippen molar-refractivity contribution in [2.45, 2.75) is 46.3 Å². The van der Waals surface area contributed by atoms with Gasteiger partial charge in [-0.05, 0) is 19.8 Å². The highest BCUT2D eigenvalue weighted by atomic mass is 16.5. The second kappa shape index (κ2) is 5.03. The van der Waals surface area contributed by atoms with Crippen molar-refractivity contribution < 1.29 is 14.1 Å². The standard InChI is InChI=1S/C13H19N3O3/c1-7(2)11-12(17)14-9(4)13(18)16(11)6-10-5-8(3)15-19-10/h5,7,9,11H,6H2,1-4H3,(H,14,17). The number of piperazine rings is 1. The lowest BCUT2D eigenvalue weighted by Gasteiger charge is -2.39. The Morgan fingerprint density at radius 1 is 1.47 bits per heavy atom. The Morgan fingerprint density at radius 3 is 2.68 bits per heavy atom. The minimum Gasteiger partial charge on any atom is -0.359 e. The molecule has 1 aromatic heterocycles. The van der Waals surface area contributed by atoms with E-state index in [0.29, 0.717) is 5.76 Å². The Bertz CT molecular complexity index is 495. The normalized spacial score (nSPS) is 23.9. The third kappa shape index (κ3) is 2.62. The fraction of sp³-hybridized carbons (Fsp3) is 0.615. The predicted octanol–water partition coefficient (Wildman–Crippen LogP) is 0.855. The molecule has 0 saturated carbocycles. The van der Waals surface area contributed by atoms with Crippen molar-refractivity contribution in [1.82, 2.24) is 15.4 Å². The van der Waals surface area contributed by atoms with Crippen LogP contribution in [-0.2, 0) is 16.1 Å². The Hall–Kier alpha value is -1.85. The lowest BCUT2D eigenvalue weighted by molar-refractivity contribution is -0.151. The minimum atomic E-state index is -0.494. The van der Waals surface area contributed by atoms with Gasteiger partial charge in [-0.2, -0.15) is 0 Å². The summed E-state index contributed by atoms with van der Waals surface area (Å²) >= 11 is 0. The quantitative estimate of drug-likeness (QED) is 0.879. The van der Waals surface area contributed by atoms with Crippen LogP contribution in [0, 0.1) is 12.8 Å². The first-order valence-corrected chi connectivity index (χ1v) is 6.43. The summed E-state index contributed by atoms with van der Waals surface area (Å²) in [5, 5.41) is 6.51. The van der Waals surface area contributed by atoms with Crippen LogP contribution < -0.4 is 5.32 Å². The summed E-state index contributed by atoms with van der Waals surface area (Å²) in [6.07, 6.45) is 0. The molecule has 6 nitrogen and oxygen atoms in total. The molecule has 1 aliphatic heterocycles. The molecule has 2 unspecified atom stereocenters. The highest BCUT2D eigenvalue weighted by Gasteiger charge is 2.40. The SMILES string of the molecule is Cc1cc(CN2C(=O)C(C)NC(=O)C2C(C)C)on1.